The van der Waals surface area contributed by atoms with Gasteiger partial charge in [-0.15, -0.1) is 0 Å². The molecule has 2 aliphatic heterocycles. The fraction of sp³-hybridized carbons (Fsp3) is 0.647. The van der Waals surface area contributed by atoms with Crippen molar-refractivity contribution in [1.29, 1.82) is 0 Å². The molecule has 1 aromatic rings. The van der Waals surface area contributed by atoms with Crippen LogP contribution in [0.2, 0.25) is 0 Å². The van der Waals surface area contributed by atoms with Crippen LogP contribution in [0, 0.1) is 5.82 Å². The number of rotatable bonds is 4. The first-order chi connectivity index (χ1) is 10.3. The van der Waals surface area contributed by atoms with Crippen LogP contribution < -0.4 is 10.1 Å². The maximum absolute atomic E-state index is 14.4. The van der Waals surface area contributed by atoms with Crippen molar-refractivity contribution in [2.45, 2.75) is 50.7 Å². The lowest BCUT2D eigenvalue weighted by molar-refractivity contribution is 0.111. The van der Waals surface area contributed by atoms with Crippen molar-refractivity contribution in [1.82, 2.24) is 10.2 Å². The molecule has 3 nitrogen and oxygen atoms in total. The smallest absolute Gasteiger partial charge is 0.169 e. The van der Waals surface area contributed by atoms with Gasteiger partial charge in [0, 0.05) is 24.2 Å². The van der Waals surface area contributed by atoms with E-state index >= 15 is 0 Å². The standard InChI is InChI=1S/C17H25FN2O/c1-21-16-9-4-6-13(17(16)18)12-20-11-3-2-8-15(20)14-7-5-10-19-14/h4,6,9,14-15,19H,2-3,5,7-8,10-12H2,1H3. The number of ether oxygens (including phenoxy) is 1. The van der Waals surface area contributed by atoms with E-state index in [2.05, 4.69) is 10.2 Å². The molecule has 0 radical (unpaired) electrons. The highest BCUT2D eigenvalue weighted by Crippen LogP contribution is 2.28. The van der Waals surface area contributed by atoms with E-state index in [1.807, 2.05) is 12.1 Å². The second-order valence-electron chi connectivity index (χ2n) is 6.17. The fourth-order valence-electron chi connectivity index (χ4n) is 3.76. The number of likely N-dealkylation sites (tertiary alicyclic amines) is 1. The van der Waals surface area contributed by atoms with E-state index in [1.165, 1.54) is 39.2 Å². The molecule has 2 atom stereocenters. The Balaban J connectivity index is 1.75. The van der Waals surface area contributed by atoms with E-state index in [4.69, 9.17) is 4.74 Å². The summed E-state index contributed by atoms with van der Waals surface area (Å²) in [6.45, 7) is 2.88. The van der Waals surface area contributed by atoms with E-state index in [0.29, 0.717) is 24.4 Å². The average Bonchev–Trinajstić information content (AvgIpc) is 3.04. The molecule has 1 aromatic carbocycles. The van der Waals surface area contributed by atoms with Gasteiger partial charge in [0.2, 0.25) is 0 Å². The molecule has 0 aliphatic carbocycles. The van der Waals surface area contributed by atoms with E-state index in [9.17, 15) is 4.39 Å². The highest BCUT2D eigenvalue weighted by molar-refractivity contribution is 5.31. The van der Waals surface area contributed by atoms with Gasteiger partial charge < -0.3 is 10.1 Å². The Morgan fingerprint density at radius 2 is 2.19 bits per heavy atom. The maximum atomic E-state index is 14.4. The molecule has 2 unspecified atom stereocenters. The molecular formula is C17H25FN2O. The first-order valence-electron chi connectivity index (χ1n) is 8.08. The van der Waals surface area contributed by atoms with Gasteiger partial charge >= 0.3 is 0 Å². The molecule has 116 valence electrons. The Morgan fingerprint density at radius 1 is 1.29 bits per heavy atom. The summed E-state index contributed by atoms with van der Waals surface area (Å²) in [5.41, 5.74) is 0.749. The molecule has 2 fully saturated rings. The third kappa shape index (κ3) is 3.22. The molecular weight excluding hydrogens is 267 g/mol. The lowest BCUT2D eigenvalue weighted by Crippen LogP contribution is -2.49. The lowest BCUT2D eigenvalue weighted by atomic mass is 9.94. The second kappa shape index (κ2) is 6.75. The predicted molar refractivity (Wildman–Crippen MR) is 82.0 cm³/mol. The van der Waals surface area contributed by atoms with Crippen molar-refractivity contribution in [3.63, 3.8) is 0 Å². The minimum absolute atomic E-state index is 0.205. The van der Waals surface area contributed by atoms with Crippen LogP contribution in [-0.4, -0.2) is 37.2 Å². The first kappa shape index (κ1) is 14.8. The number of halogens is 1. The zero-order valence-electron chi connectivity index (χ0n) is 12.8. The Labute approximate surface area is 126 Å². The summed E-state index contributed by atoms with van der Waals surface area (Å²) >= 11 is 0. The summed E-state index contributed by atoms with van der Waals surface area (Å²) in [5, 5.41) is 3.62. The van der Waals surface area contributed by atoms with Gasteiger partial charge in [-0.2, -0.15) is 0 Å². The summed E-state index contributed by atoms with van der Waals surface area (Å²) in [6.07, 6.45) is 6.25. The normalized spacial score (nSPS) is 27.0. The molecule has 4 heteroatoms. The molecule has 21 heavy (non-hydrogen) atoms. The minimum atomic E-state index is -0.205. The van der Waals surface area contributed by atoms with Crippen LogP contribution in [0.5, 0.6) is 5.75 Å². The van der Waals surface area contributed by atoms with Crippen molar-refractivity contribution < 1.29 is 9.13 Å². The van der Waals surface area contributed by atoms with Crippen LogP contribution in [0.15, 0.2) is 18.2 Å². The number of benzene rings is 1. The summed E-state index contributed by atoms with van der Waals surface area (Å²) in [5.74, 6) is 0.142. The van der Waals surface area contributed by atoms with Crippen LogP contribution in [0.1, 0.15) is 37.7 Å². The van der Waals surface area contributed by atoms with E-state index < -0.39 is 0 Å². The molecule has 2 aliphatic rings. The van der Waals surface area contributed by atoms with Crippen molar-refractivity contribution in [3.05, 3.63) is 29.6 Å². The van der Waals surface area contributed by atoms with Gasteiger partial charge in [0.25, 0.3) is 0 Å². The highest BCUT2D eigenvalue weighted by Gasteiger charge is 2.31. The Bertz CT molecular complexity index is 474. The quantitative estimate of drug-likeness (QED) is 0.923. The van der Waals surface area contributed by atoms with Crippen LogP contribution in [0.4, 0.5) is 4.39 Å². The summed E-state index contributed by atoms with van der Waals surface area (Å²) < 4.78 is 19.5. The fourth-order valence-corrected chi connectivity index (χ4v) is 3.76. The number of nitrogens with zero attached hydrogens (tertiary/aromatic N) is 1. The topological polar surface area (TPSA) is 24.5 Å². The molecule has 0 saturated carbocycles. The third-order valence-corrected chi connectivity index (χ3v) is 4.86. The Kier molecular flexibility index (Phi) is 4.76. The van der Waals surface area contributed by atoms with Gasteiger partial charge in [0.05, 0.1) is 7.11 Å². The van der Waals surface area contributed by atoms with Gasteiger partial charge in [-0.05, 0) is 44.8 Å². The van der Waals surface area contributed by atoms with Gasteiger partial charge in [-0.25, -0.2) is 4.39 Å². The van der Waals surface area contributed by atoms with Crippen molar-refractivity contribution in [2.75, 3.05) is 20.2 Å². The minimum Gasteiger partial charge on any atom is -0.494 e. The third-order valence-electron chi connectivity index (χ3n) is 4.86. The van der Waals surface area contributed by atoms with Gasteiger partial charge in [0.15, 0.2) is 11.6 Å². The highest BCUT2D eigenvalue weighted by atomic mass is 19.1. The van der Waals surface area contributed by atoms with Crippen molar-refractivity contribution in [2.24, 2.45) is 0 Å². The molecule has 3 rings (SSSR count). The molecule has 0 bridgehead atoms. The molecule has 2 heterocycles. The largest absolute Gasteiger partial charge is 0.494 e. The maximum Gasteiger partial charge on any atom is 0.169 e. The Morgan fingerprint density at radius 3 is 2.95 bits per heavy atom. The number of nitrogens with one attached hydrogen (secondary N) is 1. The lowest BCUT2D eigenvalue weighted by Gasteiger charge is -2.39. The number of piperidine rings is 1. The van der Waals surface area contributed by atoms with Crippen molar-refractivity contribution in [3.8, 4) is 5.75 Å². The van der Waals surface area contributed by atoms with Crippen LogP contribution in [0.3, 0.4) is 0 Å². The van der Waals surface area contributed by atoms with Crippen LogP contribution in [0.25, 0.3) is 0 Å². The average molecular weight is 292 g/mol. The summed E-state index contributed by atoms with van der Waals surface area (Å²) in [7, 11) is 1.52. The van der Waals surface area contributed by atoms with Gasteiger partial charge in [-0.3, -0.25) is 4.90 Å². The molecule has 0 amide bonds. The summed E-state index contributed by atoms with van der Waals surface area (Å²) in [6, 6.07) is 6.58. The van der Waals surface area contributed by atoms with E-state index in [0.717, 1.165) is 18.7 Å². The van der Waals surface area contributed by atoms with Gasteiger partial charge in [-0.1, -0.05) is 18.6 Å². The van der Waals surface area contributed by atoms with E-state index in [1.54, 1.807) is 6.07 Å². The first-order valence-corrected chi connectivity index (χ1v) is 8.08. The van der Waals surface area contributed by atoms with Crippen LogP contribution >= 0.6 is 0 Å². The zero-order chi connectivity index (χ0) is 14.7. The van der Waals surface area contributed by atoms with Gasteiger partial charge in [0.1, 0.15) is 0 Å². The zero-order valence-corrected chi connectivity index (χ0v) is 12.8. The number of hydrogen-bond acceptors (Lipinski definition) is 3. The molecule has 2 saturated heterocycles. The molecule has 0 spiro atoms. The van der Waals surface area contributed by atoms with E-state index in [-0.39, 0.29) is 5.82 Å². The SMILES string of the molecule is COc1cccc(CN2CCCCC2C2CCCN2)c1F. The number of hydrogen-bond donors (Lipinski definition) is 1. The summed E-state index contributed by atoms with van der Waals surface area (Å²) in [4.78, 5) is 2.46. The molecule has 1 N–H and O–H groups in total. The molecule has 0 aromatic heterocycles. The second-order valence-corrected chi connectivity index (χ2v) is 6.17. The Hall–Kier alpha value is -1.13. The monoisotopic (exact) mass is 292 g/mol. The predicted octanol–water partition coefficient (Wildman–Crippen LogP) is 2.94. The van der Waals surface area contributed by atoms with Crippen LogP contribution in [-0.2, 0) is 6.54 Å². The number of methoxy groups -OCH3 is 1. The van der Waals surface area contributed by atoms with Crippen molar-refractivity contribution >= 4 is 0 Å².